The summed E-state index contributed by atoms with van der Waals surface area (Å²) in [7, 11) is 1.49. The Kier molecular flexibility index (Phi) is 6.02. The average molecular weight is 371 g/mol. The number of nitrogens with zero attached hydrogens (tertiary/aromatic N) is 1. The summed E-state index contributed by atoms with van der Waals surface area (Å²) < 4.78 is 10.7. The Balaban J connectivity index is 2.47. The number of nitro groups is 1. The van der Waals surface area contributed by atoms with E-state index in [0.717, 1.165) is 26.0 Å². The number of hydrogen-bond acceptors (Lipinski definition) is 7. The predicted molar refractivity (Wildman–Crippen MR) is 95.3 cm³/mol. The first-order valence-electron chi connectivity index (χ1n) is 7.90. The van der Waals surface area contributed by atoms with Crippen LogP contribution >= 0.6 is 0 Å². The van der Waals surface area contributed by atoms with Crippen LogP contribution in [0.25, 0.3) is 0 Å². The zero-order valence-electron chi connectivity index (χ0n) is 14.9. The summed E-state index contributed by atoms with van der Waals surface area (Å²) in [6.45, 7) is 2.18. The molecule has 0 aliphatic carbocycles. The molecule has 0 saturated heterocycles. The van der Waals surface area contributed by atoms with Crippen LogP contribution in [0.4, 0.5) is 5.69 Å². The zero-order valence-corrected chi connectivity index (χ0v) is 14.9. The molecule has 8 nitrogen and oxygen atoms in total. The fourth-order valence-corrected chi connectivity index (χ4v) is 2.55. The Bertz CT molecular complexity index is 906. The minimum atomic E-state index is -1.59. The van der Waals surface area contributed by atoms with Crippen molar-refractivity contribution in [3.8, 4) is 17.2 Å². The third-order valence-electron chi connectivity index (χ3n) is 3.78. The normalized spacial score (nSPS) is 10.4. The maximum atomic E-state index is 12.6. The van der Waals surface area contributed by atoms with Gasteiger partial charge >= 0.3 is 0 Å². The highest BCUT2D eigenvalue weighted by molar-refractivity contribution is 6.24. The second kappa shape index (κ2) is 8.22. The van der Waals surface area contributed by atoms with Gasteiger partial charge in [0.15, 0.2) is 5.78 Å². The topological polar surface area (TPSA) is 113 Å². The molecule has 2 rings (SSSR count). The number of carbonyl (C=O) groups excluding carboxylic acids is 3. The fourth-order valence-electron chi connectivity index (χ4n) is 2.55. The molecule has 0 atom stereocenters. The Morgan fingerprint density at radius 2 is 1.56 bits per heavy atom. The van der Waals surface area contributed by atoms with Crippen molar-refractivity contribution < 1.29 is 28.8 Å². The highest BCUT2D eigenvalue weighted by atomic mass is 16.6. The van der Waals surface area contributed by atoms with Gasteiger partial charge in [0.25, 0.3) is 5.69 Å². The van der Waals surface area contributed by atoms with Gasteiger partial charge in [0.05, 0.1) is 12.0 Å². The molecule has 8 heteroatoms. The summed E-state index contributed by atoms with van der Waals surface area (Å²) in [6.07, 6.45) is 0. The van der Waals surface area contributed by atoms with Crippen molar-refractivity contribution in [3.05, 3.63) is 58.1 Å². The van der Waals surface area contributed by atoms with Gasteiger partial charge < -0.3 is 9.47 Å². The molecule has 0 heterocycles. The molecule has 0 spiro atoms. The summed E-state index contributed by atoms with van der Waals surface area (Å²) in [6, 6.07) is 10.2. The van der Waals surface area contributed by atoms with Crippen LogP contribution in [0.3, 0.4) is 0 Å². The molecule has 2 aromatic carbocycles. The number of Topliss-reactive ketones (excluding diaryl/α,β-unsaturated/α-hetero) is 3. The van der Waals surface area contributed by atoms with Gasteiger partial charge in [-0.05, 0) is 38.1 Å². The van der Waals surface area contributed by atoms with Crippen LogP contribution in [-0.2, 0) is 9.59 Å². The Hall–Kier alpha value is -3.55. The quantitative estimate of drug-likeness (QED) is 0.302. The molecule has 0 saturated carbocycles. The highest BCUT2D eigenvalue weighted by Gasteiger charge is 2.33. The minimum absolute atomic E-state index is 0.142. The molecule has 0 unspecified atom stereocenters. The lowest BCUT2D eigenvalue weighted by atomic mass is 9.90. The molecule has 0 fully saturated rings. The monoisotopic (exact) mass is 371 g/mol. The molecule has 0 aromatic heterocycles. The van der Waals surface area contributed by atoms with Gasteiger partial charge in [-0.15, -0.1) is 0 Å². The molecular formula is C19H17NO7. The van der Waals surface area contributed by atoms with Crippen LogP contribution in [0.2, 0.25) is 0 Å². The van der Waals surface area contributed by atoms with Gasteiger partial charge in [-0.25, -0.2) is 0 Å². The number of ketones is 3. The predicted octanol–water partition coefficient (Wildman–Crippen LogP) is 3.37. The van der Waals surface area contributed by atoms with Crippen LogP contribution in [0.15, 0.2) is 42.5 Å². The number of benzene rings is 2. The van der Waals surface area contributed by atoms with Gasteiger partial charge in [-0.2, -0.15) is 0 Å². The molecular weight excluding hydrogens is 354 g/mol. The third kappa shape index (κ3) is 4.55. The summed E-state index contributed by atoms with van der Waals surface area (Å²) >= 11 is 0. The second-order valence-corrected chi connectivity index (χ2v) is 5.74. The largest absolute Gasteiger partial charge is 0.497 e. The lowest BCUT2D eigenvalue weighted by Crippen LogP contribution is -2.29. The maximum Gasteiger partial charge on any atom is 0.280 e. The van der Waals surface area contributed by atoms with E-state index in [4.69, 9.17) is 9.47 Å². The number of nitro benzene ring substituents is 1. The molecule has 0 N–H and O–H groups in total. The van der Waals surface area contributed by atoms with E-state index in [2.05, 4.69) is 0 Å². The first kappa shape index (κ1) is 19.8. The van der Waals surface area contributed by atoms with Gasteiger partial charge in [0.1, 0.15) is 40.3 Å². The van der Waals surface area contributed by atoms with Crippen molar-refractivity contribution in [2.75, 3.05) is 7.11 Å². The molecule has 0 aliphatic rings. The van der Waals surface area contributed by atoms with Crippen LogP contribution in [0.5, 0.6) is 17.2 Å². The molecule has 0 amide bonds. The second-order valence-electron chi connectivity index (χ2n) is 5.74. The average Bonchev–Trinajstić information content (AvgIpc) is 2.61. The van der Waals surface area contributed by atoms with E-state index in [1.807, 2.05) is 0 Å². The van der Waals surface area contributed by atoms with E-state index in [0.29, 0.717) is 11.5 Å². The Morgan fingerprint density at radius 3 is 2.11 bits per heavy atom. The first-order chi connectivity index (χ1) is 12.7. The van der Waals surface area contributed by atoms with Crippen LogP contribution in [-0.4, -0.2) is 29.4 Å². The van der Waals surface area contributed by atoms with E-state index in [1.54, 1.807) is 24.3 Å². The summed E-state index contributed by atoms with van der Waals surface area (Å²) in [4.78, 5) is 46.5. The lowest BCUT2D eigenvalue weighted by molar-refractivity contribution is -0.385. The van der Waals surface area contributed by atoms with Crippen LogP contribution in [0.1, 0.15) is 24.2 Å². The van der Waals surface area contributed by atoms with Gasteiger partial charge in [0, 0.05) is 12.1 Å². The standard InChI is InChI=1S/C19H17NO7/c1-11(21)18(12(2)22)19(23)16-10-15(7-8-17(16)20(24)25)27-14-6-4-5-13(9-14)26-3/h4-10,18H,1-3H3. The molecule has 140 valence electrons. The molecule has 27 heavy (non-hydrogen) atoms. The minimum Gasteiger partial charge on any atom is -0.497 e. The molecule has 0 aliphatic heterocycles. The molecule has 0 radical (unpaired) electrons. The van der Waals surface area contributed by atoms with Gasteiger partial charge in [0.2, 0.25) is 0 Å². The third-order valence-corrected chi connectivity index (χ3v) is 3.78. The Morgan fingerprint density at radius 1 is 0.963 bits per heavy atom. The zero-order chi connectivity index (χ0) is 20.1. The van der Waals surface area contributed by atoms with E-state index in [9.17, 15) is 24.5 Å². The van der Waals surface area contributed by atoms with Crippen LogP contribution < -0.4 is 9.47 Å². The van der Waals surface area contributed by atoms with Crippen molar-refractivity contribution in [3.63, 3.8) is 0 Å². The van der Waals surface area contributed by atoms with Crippen molar-refractivity contribution in [1.29, 1.82) is 0 Å². The van der Waals surface area contributed by atoms with Gasteiger partial charge in [-0.3, -0.25) is 24.5 Å². The molecule has 2 aromatic rings. The number of ether oxygens (including phenoxy) is 2. The first-order valence-corrected chi connectivity index (χ1v) is 7.90. The van der Waals surface area contributed by atoms with Crippen molar-refractivity contribution >= 4 is 23.0 Å². The maximum absolute atomic E-state index is 12.6. The van der Waals surface area contributed by atoms with E-state index in [1.165, 1.54) is 13.2 Å². The summed E-state index contributed by atoms with van der Waals surface area (Å²) in [5.74, 6) is -2.81. The summed E-state index contributed by atoms with van der Waals surface area (Å²) in [5.41, 5.74) is -0.874. The van der Waals surface area contributed by atoms with Crippen molar-refractivity contribution in [1.82, 2.24) is 0 Å². The smallest absolute Gasteiger partial charge is 0.280 e. The number of methoxy groups -OCH3 is 1. The fraction of sp³-hybridized carbons (Fsp3) is 0.211. The molecule has 0 bridgehead atoms. The van der Waals surface area contributed by atoms with E-state index < -0.39 is 33.9 Å². The van der Waals surface area contributed by atoms with Crippen molar-refractivity contribution in [2.45, 2.75) is 13.8 Å². The Labute approximate surface area is 154 Å². The van der Waals surface area contributed by atoms with Crippen molar-refractivity contribution in [2.24, 2.45) is 5.92 Å². The van der Waals surface area contributed by atoms with E-state index >= 15 is 0 Å². The highest BCUT2D eigenvalue weighted by Crippen LogP contribution is 2.31. The van der Waals surface area contributed by atoms with E-state index in [-0.39, 0.29) is 11.3 Å². The van der Waals surface area contributed by atoms with Gasteiger partial charge in [-0.1, -0.05) is 6.07 Å². The number of carbonyl (C=O) groups is 3. The SMILES string of the molecule is COc1cccc(Oc2ccc([N+](=O)[O-])c(C(=O)C(C(C)=O)C(C)=O)c2)c1. The summed E-state index contributed by atoms with van der Waals surface area (Å²) in [5, 5.41) is 11.3. The lowest BCUT2D eigenvalue weighted by Gasteiger charge is -2.12. The number of rotatable bonds is 8. The number of hydrogen-bond donors (Lipinski definition) is 0. The van der Waals surface area contributed by atoms with Crippen LogP contribution in [0, 0.1) is 16.0 Å².